The van der Waals surface area contributed by atoms with E-state index in [9.17, 15) is 10.2 Å². The summed E-state index contributed by atoms with van der Waals surface area (Å²) in [5.41, 5.74) is 6.98. The molecule has 1 atom stereocenters. The van der Waals surface area contributed by atoms with Crippen LogP contribution in [0.1, 0.15) is 24.5 Å². The molecule has 1 heterocycles. The second-order valence-electron chi connectivity index (χ2n) is 4.19. The van der Waals surface area contributed by atoms with Crippen LogP contribution in [-0.4, -0.2) is 29.8 Å². The molecule has 4 N–H and O–H groups in total. The molecule has 0 spiro atoms. The van der Waals surface area contributed by atoms with Crippen LogP contribution in [0, 0.1) is 0 Å². The quantitative estimate of drug-likeness (QED) is 0.713. The first-order chi connectivity index (χ1) is 7.72. The average Bonchev–Trinajstić information content (AvgIpc) is 2.82. The van der Waals surface area contributed by atoms with Gasteiger partial charge in [0.05, 0.1) is 6.10 Å². The molecule has 0 radical (unpaired) electrons. The minimum atomic E-state index is -0.789. The molecule has 1 fully saturated rings. The van der Waals surface area contributed by atoms with Crippen LogP contribution in [0.2, 0.25) is 0 Å². The standard InChI is InChI=1S/C12H18N2O2/c13-8-12(16)10-7-9(3-4-11(10)15)14-5-1-2-6-14/h3-4,7,12,15-16H,1-2,5-6,8,13H2. The summed E-state index contributed by atoms with van der Waals surface area (Å²) in [6.45, 7) is 2.21. The molecule has 16 heavy (non-hydrogen) atoms. The van der Waals surface area contributed by atoms with Crippen LogP contribution in [0.5, 0.6) is 5.75 Å². The molecule has 0 saturated carbocycles. The number of anilines is 1. The van der Waals surface area contributed by atoms with Crippen LogP contribution in [0.4, 0.5) is 5.69 Å². The second-order valence-corrected chi connectivity index (χ2v) is 4.19. The normalized spacial score (nSPS) is 17.8. The number of rotatable bonds is 3. The Kier molecular flexibility index (Phi) is 3.31. The highest BCUT2D eigenvalue weighted by Crippen LogP contribution is 2.30. The van der Waals surface area contributed by atoms with Gasteiger partial charge in [-0.3, -0.25) is 0 Å². The van der Waals surface area contributed by atoms with Gasteiger partial charge >= 0.3 is 0 Å². The summed E-state index contributed by atoms with van der Waals surface area (Å²) in [5, 5.41) is 19.3. The molecule has 4 nitrogen and oxygen atoms in total. The highest BCUT2D eigenvalue weighted by molar-refractivity contribution is 5.54. The maximum Gasteiger partial charge on any atom is 0.121 e. The van der Waals surface area contributed by atoms with Crippen LogP contribution < -0.4 is 10.6 Å². The number of aliphatic hydroxyl groups excluding tert-OH is 1. The van der Waals surface area contributed by atoms with Crippen molar-refractivity contribution in [2.24, 2.45) is 5.73 Å². The topological polar surface area (TPSA) is 69.7 Å². The van der Waals surface area contributed by atoms with Gasteiger partial charge in [0.15, 0.2) is 0 Å². The third-order valence-corrected chi connectivity index (χ3v) is 3.06. The highest BCUT2D eigenvalue weighted by atomic mass is 16.3. The number of aliphatic hydroxyl groups is 1. The summed E-state index contributed by atoms with van der Waals surface area (Å²) in [6, 6.07) is 5.34. The summed E-state index contributed by atoms with van der Waals surface area (Å²) >= 11 is 0. The van der Waals surface area contributed by atoms with E-state index in [-0.39, 0.29) is 12.3 Å². The molecule has 88 valence electrons. The molecule has 1 aromatic carbocycles. The van der Waals surface area contributed by atoms with Crippen LogP contribution in [0.15, 0.2) is 18.2 Å². The van der Waals surface area contributed by atoms with Gasteiger partial charge < -0.3 is 20.8 Å². The van der Waals surface area contributed by atoms with Crippen molar-refractivity contribution in [1.29, 1.82) is 0 Å². The SMILES string of the molecule is NCC(O)c1cc(N2CCCC2)ccc1O. The molecule has 0 amide bonds. The number of phenols is 1. The number of hydrogen-bond donors (Lipinski definition) is 3. The van der Waals surface area contributed by atoms with Crippen LogP contribution >= 0.6 is 0 Å². The van der Waals surface area contributed by atoms with Crippen LogP contribution in [-0.2, 0) is 0 Å². The van der Waals surface area contributed by atoms with Crippen molar-refractivity contribution in [2.45, 2.75) is 18.9 Å². The number of nitrogens with two attached hydrogens (primary N) is 1. The van der Waals surface area contributed by atoms with Gasteiger partial charge in [0.2, 0.25) is 0 Å². The largest absolute Gasteiger partial charge is 0.508 e. The Labute approximate surface area is 95.3 Å². The number of nitrogens with zero attached hydrogens (tertiary/aromatic N) is 1. The lowest BCUT2D eigenvalue weighted by atomic mass is 10.1. The van der Waals surface area contributed by atoms with E-state index >= 15 is 0 Å². The van der Waals surface area contributed by atoms with Crippen molar-refractivity contribution in [1.82, 2.24) is 0 Å². The summed E-state index contributed by atoms with van der Waals surface area (Å²) in [5.74, 6) is 0.112. The fraction of sp³-hybridized carbons (Fsp3) is 0.500. The summed E-state index contributed by atoms with van der Waals surface area (Å²) < 4.78 is 0. The molecule has 4 heteroatoms. The van der Waals surface area contributed by atoms with E-state index in [4.69, 9.17) is 5.73 Å². The zero-order chi connectivity index (χ0) is 11.5. The average molecular weight is 222 g/mol. The van der Waals surface area contributed by atoms with Gasteiger partial charge in [-0.15, -0.1) is 0 Å². The number of aromatic hydroxyl groups is 1. The van der Waals surface area contributed by atoms with Crippen molar-refractivity contribution in [3.05, 3.63) is 23.8 Å². The predicted molar refractivity (Wildman–Crippen MR) is 63.6 cm³/mol. The van der Waals surface area contributed by atoms with Crippen molar-refractivity contribution in [3.63, 3.8) is 0 Å². The first kappa shape index (κ1) is 11.2. The molecule has 0 aromatic heterocycles. The fourth-order valence-electron chi connectivity index (χ4n) is 2.11. The summed E-state index contributed by atoms with van der Waals surface area (Å²) in [7, 11) is 0. The van der Waals surface area contributed by atoms with E-state index in [0.29, 0.717) is 5.56 Å². The van der Waals surface area contributed by atoms with Gasteiger partial charge in [-0.05, 0) is 31.0 Å². The lowest BCUT2D eigenvalue weighted by molar-refractivity contribution is 0.182. The van der Waals surface area contributed by atoms with Crippen molar-refractivity contribution in [2.75, 3.05) is 24.5 Å². The van der Waals surface area contributed by atoms with Crippen molar-refractivity contribution >= 4 is 5.69 Å². The molecule has 1 unspecified atom stereocenters. The summed E-state index contributed by atoms with van der Waals surface area (Å²) in [6.07, 6.45) is 1.62. The van der Waals surface area contributed by atoms with E-state index in [1.165, 1.54) is 12.8 Å². The molecule has 1 saturated heterocycles. The Morgan fingerprint density at radius 3 is 2.62 bits per heavy atom. The molecular weight excluding hydrogens is 204 g/mol. The minimum absolute atomic E-state index is 0.112. The van der Waals surface area contributed by atoms with E-state index in [1.54, 1.807) is 6.07 Å². The second kappa shape index (κ2) is 4.72. The first-order valence-corrected chi connectivity index (χ1v) is 5.68. The lowest BCUT2D eigenvalue weighted by Gasteiger charge is -2.20. The Bertz CT molecular complexity index is 362. The monoisotopic (exact) mass is 222 g/mol. The van der Waals surface area contributed by atoms with Gasteiger partial charge in [0.1, 0.15) is 5.75 Å². The van der Waals surface area contributed by atoms with Gasteiger partial charge in [0, 0.05) is 30.9 Å². The molecular formula is C12H18N2O2. The predicted octanol–water partition coefficient (Wildman–Crippen LogP) is 0.984. The van der Waals surface area contributed by atoms with Crippen LogP contribution in [0.25, 0.3) is 0 Å². The Morgan fingerprint density at radius 1 is 1.31 bits per heavy atom. The smallest absolute Gasteiger partial charge is 0.121 e. The molecule has 1 aliphatic rings. The first-order valence-electron chi connectivity index (χ1n) is 5.68. The van der Waals surface area contributed by atoms with Gasteiger partial charge in [-0.25, -0.2) is 0 Å². The highest BCUT2D eigenvalue weighted by Gasteiger charge is 2.16. The maximum absolute atomic E-state index is 9.67. The third-order valence-electron chi connectivity index (χ3n) is 3.06. The fourth-order valence-corrected chi connectivity index (χ4v) is 2.11. The molecule has 2 rings (SSSR count). The number of phenolic OH excluding ortho intramolecular Hbond substituents is 1. The number of benzene rings is 1. The molecule has 1 aromatic rings. The Morgan fingerprint density at radius 2 is 2.00 bits per heavy atom. The van der Waals surface area contributed by atoms with Crippen LogP contribution in [0.3, 0.4) is 0 Å². The molecule has 0 aliphatic carbocycles. The third kappa shape index (κ3) is 2.13. The molecule has 0 bridgehead atoms. The van der Waals surface area contributed by atoms with Gasteiger partial charge in [0.25, 0.3) is 0 Å². The van der Waals surface area contributed by atoms with Gasteiger partial charge in [-0.1, -0.05) is 0 Å². The zero-order valence-corrected chi connectivity index (χ0v) is 9.26. The molecule has 1 aliphatic heterocycles. The Hall–Kier alpha value is -1.26. The van der Waals surface area contributed by atoms with E-state index < -0.39 is 6.10 Å². The summed E-state index contributed by atoms with van der Waals surface area (Å²) in [4.78, 5) is 2.26. The Balaban J connectivity index is 2.27. The zero-order valence-electron chi connectivity index (χ0n) is 9.26. The van der Waals surface area contributed by atoms with Gasteiger partial charge in [-0.2, -0.15) is 0 Å². The minimum Gasteiger partial charge on any atom is -0.508 e. The van der Waals surface area contributed by atoms with Crippen molar-refractivity contribution < 1.29 is 10.2 Å². The van der Waals surface area contributed by atoms with E-state index in [2.05, 4.69) is 4.90 Å². The van der Waals surface area contributed by atoms with Crippen molar-refractivity contribution in [3.8, 4) is 5.75 Å². The lowest BCUT2D eigenvalue weighted by Crippen LogP contribution is -2.18. The van der Waals surface area contributed by atoms with E-state index in [1.807, 2.05) is 12.1 Å². The maximum atomic E-state index is 9.67. The number of hydrogen-bond acceptors (Lipinski definition) is 4. The van der Waals surface area contributed by atoms with E-state index in [0.717, 1.165) is 18.8 Å².